The zero-order valence-corrected chi connectivity index (χ0v) is 9.40. The van der Waals surface area contributed by atoms with Gasteiger partial charge in [-0.1, -0.05) is 0 Å². The highest BCUT2D eigenvalue weighted by molar-refractivity contribution is 5.87. The van der Waals surface area contributed by atoms with Gasteiger partial charge in [0.15, 0.2) is 0 Å². The Balaban J connectivity index is 2.10. The molecule has 2 heterocycles. The fourth-order valence-corrected chi connectivity index (χ4v) is 2.31. The number of rotatable bonds is 2. The number of carboxylic acids is 1. The third kappa shape index (κ3) is 1.44. The van der Waals surface area contributed by atoms with Crippen molar-refractivity contribution in [3.05, 3.63) is 23.0 Å². The largest absolute Gasteiger partial charge is 0.477 e. The highest BCUT2D eigenvalue weighted by Crippen LogP contribution is 2.29. The van der Waals surface area contributed by atoms with Crippen LogP contribution in [-0.2, 0) is 19.9 Å². The number of hydrogen-bond acceptors (Lipinski definition) is 3. The molecular formula is C11H12N4O2. The SMILES string of the molecule is Cn1nc(-c2n[nH]c3c2CCC3)cc1C(=O)O. The Bertz CT molecular complexity index is 597. The van der Waals surface area contributed by atoms with Crippen LogP contribution in [0.15, 0.2) is 6.07 Å². The summed E-state index contributed by atoms with van der Waals surface area (Å²) in [4.78, 5) is 10.9. The summed E-state index contributed by atoms with van der Waals surface area (Å²) >= 11 is 0. The molecule has 17 heavy (non-hydrogen) atoms. The van der Waals surface area contributed by atoms with Crippen LogP contribution in [0.2, 0.25) is 0 Å². The van der Waals surface area contributed by atoms with Crippen molar-refractivity contribution in [3.8, 4) is 11.4 Å². The van der Waals surface area contributed by atoms with Crippen molar-refractivity contribution in [2.24, 2.45) is 7.05 Å². The van der Waals surface area contributed by atoms with E-state index in [1.807, 2.05) is 0 Å². The number of hydrogen-bond donors (Lipinski definition) is 2. The molecule has 0 amide bonds. The first-order chi connectivity index (χ1) is 8.16. The van der Waals surface area contributed by atoms with Gasteiger partial charge in [0, 0.05) is 24.4 Å². The molecule has 0 atom stereocenters. The highest BCUT2D eigenvalue weighted by atomic mass is 16.4. The van der Waals surface area contributed by atoms with Gasteiger partial charge in [0.2, 0.25) is 0 Å². The van der Waals surface area contributed by atoms with E-state index in [0.29, 0.717) is 5.69 Å². The highest BCUT2D eigenvalue weighted by Gasteiger charge is 2.22. The fraction of sp³-hybridized carbons (Fsp3) is 0.364. The summed E-state index contributed by atoms with van der Waals surface area (Å²) in [6.45, 7) is 0. The molecule has 0 fully saturated rings. The van der Waals surface area contributed by atoms with Crippen molar-refractivity contribution in [2.45, 2.75) is 19.3 Å². The number of aromatic carboxylic acids is 1. The third-order valence-electron chi connectivity index (χ3n) is 3.15. The first-order valence-electron chi connectivity index (χ1n) is 5.50. The van der Waals surface area contributed by atoms with Crippen molar-refractivity contribution in [2.75, 3.05) is 0 Å². The van der Waals surface area contributed by atoms with E-state index in [-0.39, 0.29) is 5.69 Å². The lowest BCUT2D eigenvalue weighted by molar-refractivity contribution is 0.0685. The van der Waals surface area contributed by atoms with Crippen molar-refractivity contribution < 1.29 is 9.90 Å². The van der Waals surface area contributed by atoms with Gasteiger partial charge in [0.25, 0.3) is 0 Å². The van der Waals surface area contributed by atoms with E-state index in [2.05, 4.69) is 15.3 Å². The molecule has 1 aliphatic rings. The minimum Gasteiger partial charge on any atom is -0.477 e. The van der Waals surface area contributed by atoms with Gasteiger partial charge in [0.1, 0.15) is 17.1 Å². The molecule has 6 nitrogen and oxygen atoms in total. The van der Waals surface area contributed by atoms with Crippen LogP contribution in [0.3, 0.4) is 0 Å². The van der Waals surface area contributed by atoms with E-state index in [9.17, 15) is 4.79 Å². The molecule has 2 aromatic heterocycles. The second-order valence-corrected chi connectivity index (χ2v) is 4.23. The molecule has 0 aromatic carbocycles. The lowest BCUT2D eigenvalue weighted by Crippen LogP contribution is -2.04. The topological polar surface area (TPSA) is 83.8 Å². The molecule has 0 saturated carbocycles. The van der Waals surface area contributed by atoms with E-state index < -0.39 is 5.97 Å². The first-order valence-corrected chi connectivity index (χ1v) is 5.50. The number of aromatic nitrogens is 4. The first kappa shape index (κ1) is 10.1. The fourth-order valence-electron chi connectivity index (χ4n) is 2.31. The predicted molar refractivity (Wildman–Crippen MR) is 59.8 cm³/mol. The third-order valence-corrected chi connectivity index (χ3v) is 3.15. The minimum atomic E-state index is -0.974. The summed E-state index contributed by atoms with van der Waals surface area (Å²) in [6.07, 6.45) is 3.12. The normalized spacial score (nSPS) is 13.9. The Morgan fingerprint density at radius 3 is 3.06 bits per heavy atom. The Labute approximate surface area is 97.3 Å². The molecule has 6 heteroatoms. The summed E-state index contributed by atoms with van der Waals surface area (Å²) in [7, 11) is 1.62. The zero-order chi connectivity index (χ0) is 12.0. The van der Waals surface area contributed by atoms with E-state index in [1.54, 1.807) is 13.1 Å². The van der Waals surface area contributed by atoms with Gasteiger partial charge in [0.05, 0.1) is 0 Å². The number of aromatic amines is 1. The molecule has 2 aromatic rings. The molecule has 3 rings (SSSR count). The maximum absolute atomic E-state index is 10.9. The van der Waals surface area contributed by atoms with Gasteiger partial charge < -0.3 is 5.11 Å². The van der Waals surface area contributed by atoms with Gasteiger partial charge >= 0.3 is 5.97 Å². The Morgan fingerprint density at radius 2 is 2.35 bits per heavy atom. The molecule has 0 aliphatic heterocycles. The average Bonchev–Trinajstić information content (AvgIpc) is 2.89. The van der Waals surface area contributed by atoms with Crippen LogP contribution >= 0.6 is 0 Å². The molecule has 0 bridgehead atoms. The Hall–Kier alpha value is -2.11. The van der Waals surface area contributed by atoms with Gasteiger partial charge in [-0.25, -0.2) is 4.79 Å². The van der Waals surface area contributed by atoms with E-state index in [4.69, 9.17) is 5.11 Å². The quantitative estimate of drug-likeness (QED) is 0.809. The Morgan fingerprint density at radius 1 is 1.53 bits per heavy atom. The number of H-pyrrole nitrogens is 1. The van der Waals surface area contributed by atoms with E-state index in [0.717, 1.165) is 30.7 Å². The maximum Gasteiger partial charge on any atom is 0.354 e. The predicted octanol–water partition coefficient (Wildman–Crippen LogP) is 0.997. The number of carboxylic acid groups (broad SMARTS) is 1. The molecule has 0 spiro atoms. The molecule has 1 aliphatic carbocycles. The van der Waals surface area contributed by atoms with Crippen molar-refractivity contribution in [1.82, 2.24) is 20.0 Å². The minimum absolute atomic E-state index is 0.176. The second-order valence-electron chi connectivity index (χ2n) is 4.23. The van der Waals surface area contributed by atoms with Crippen molar-refractivity contribution in [3.63, 3.8) is 0 Å². The number of nitrogens with one attached hydrogen (secondary N) is 1. The van der Waals surface area contributed by atoms with Gasteiger partial charge in [-0.3, -0.25) is 9.78 Å². The Kier molecular flexibility index (Phi) is 2.04. The van der Waals surface area contributed by atoms with Gasteiger partial charge in [-0.2, -0.15) is 10.2 Å². The van der Waals surface area contributed by atoms with Crippen molar-refractivity contribution in [1.29, 1.82) is 0 Å². The summed E-state index contributed by atoms with van der Waals surface area (Å²) in [5, 5.41) is 20.4. The molecule has 88 valence electrons. The summed E-state index contributed by atoms with van der Waals surface area (Å²) in [6, 6.07) is 1.57. The lowest BCUT2D eigenvalue weighted by atomic mass is 10.1. The van der Waals surface area contributed by atoms with Gasteiger partial charge in [-0.15, -0.1) is 0 Å². The molecular weight excluding hydrogens is 220 g/mol. The van der Waals surface area contributed by atoms with Gasteiger partial charge in [-0.05, 0) is 19.3 Å². The van der Waals surface area contributed by atoms with Crippen LogP contribution in [0.5, 0.6) is 0 Å². The molecule has 0 saturated heterocycles. The average molecular weight is 232 g/mol. The molecule has 2 N–H and O–H groups in total. The van der Waals surface area contributed by atoms with Crippen LogP contribution in [-0.4, -0.2) is 31.1 Å². The van der Waals surface area contributed by atoms with Crippen molar-refractivity contribution >= 4 is 5.97 Å². The maximum atomic E-state index is 10.9. The monoisotopic (exact) mass is 232 g/mol. The second kappa shape index (κ2) is 3.44. The summed E-state index contributed by atoms with van der Waals surface area (Å²) in [5.74, 6) is -0.974. The van der Waals surface area contributed by atoms with E-state index >= 15 is 0 Å². The van der Waals surface area contributed by atoms with E-state index in [1.165, 1.54) is 10.2 Å². The number of nitrogens with zero attached hydrogens (tertiary/aromatic N) is 3. The number of carbonyl (C=O) groups is 1. The number of fused-ring (bicyclic) bond motifs is 1. The van der Waals surface area contributed by atoms with Crippen LogP contribution < -0.4 is 0 Å². The van der Waals surface area contributed by atoms with Crippen LogP contribution in [0, 0.1) is 0 Å². The smallest absolute Gasteiger partial charge is 0.354 e. The number of aryl methyl sites for hydroxylation is 2. The van der Waals surface area contributed by atoms with Crippen LogP contribution in [0.25, 0.3) is 11.4 Å². The summed E-state index contributed by atoms with van der Waals surface area (Å²) < 4.78 is 1.37. The zero-order valence-electron chi connectivity index (χ0n) is 9.40. The summed E-state index contributed by atoms with van der Waals surface area (Å²) in [5.41, 5.74) is 3.93. The van der Waals surface area contributed by atoms with Crippen LogP contribution in [0.4, 0.5) is 0 Å². The lowest BCUT2D eigenvalue weighted by Gasteiger charge is -1.93. The molecule has 0 radical (unpaired) electrons. The van der Waals surface area contributed by atoms with Crippen LogP contribution in [0.1, 0.15) is 28.2 Å². The standard InChI is InChI=1S/C11H12N4O2/c1-15-9(11(16)17)5-8(14-15)10-6-3-2-4-7(6)12-13-10/h5H,2-4H2,1H3,(H,12,13)(H,16,17). The molecule has 0 unspecified atom stereocenters.